The van der Waals surface area contributed by atoms with Crippen molar-refractivity contribution in [3.8, 4) is 0 Å². The number of aromatic nitrogens is 1. The van der Waals surface area contributed by atoms with Crippen LogP contribution in [0.4, 0.5) is 4.79 Å². The molecule has 2 amide bonds. The minimum atomic E-state index is -1.01. The second-order valence-electron chi connectivity index (χ2n) is 9.96. The molecule has 2 aromatic carbocycles. The van der Waals surface area contributed by atoms with Crippen LogP contribution in [0.25, 0.3) is 10.9 Å². The number of carbonyl (C=O) groups is 3. The first kappa shape index (κ1) is 24.0. The normalized spacial score (nSPS) is 23.9. The van der Waals surface area contributed by atoms with Crippen LogP contribution in [0.5, 0.6) is 0 Å². The molecule has 1 saturated carbocycles. The SMILES string of the molecule is O=C(O)NC[C@H]1CC[C@H](C(=O)N2CC[C@H](c3ccccc3)[C@@H]2C(=O)c2ccc3ncccc3c2)CC1. The van der Waals surface area contributed by atoms with Crippen molar-refractivity contribution in [2.75, 3.05) is 13.1 Å². The molecular weight excluding hydrogens is 454 g/mol. The van der Waals surface area contributed by atoms with Crippen LogP contribution in [0.1, 0.15) is 53.9 Å². The van der Waals surface area contributed by atoms with Gasteiger partial charge in [0.25, 0.3) is 0 Å². The van der Waals surface area contributed by atoms with Gasteiger partial charge < -0.3 is 15.3 Å². The number of benzene rings is 2. The molecule has 1 aliphatic carbocycles. The van der Waals surface area contributed by atoms with E-state index in [1.165, 1.54) is 0 Å². The molecule has 0 spiro atoms. The monoisotopic (exact) mass is 485 g/mol. The van der Waals surface area contributed by atoms with Crippen molar-refractivity contribution in [2.24, 2.45) is 11.8 Å². The highest BCUT2D eigenvalue weighted by molar-refractivity contribution is 6.05. The standard InChI is InChI=1S/C29H31N3O4/c33-27(23-12-13-25-22(17-23)7-4-15-30-25)26-24(20-5-2-1-3-6-20)14-16-32(26)28(34)21-10-8-19(9-11-21)18-31-29(35)36/h1-7,12-13,15,17,19,21,24,26,31H,8-11,14,16,18H2,(H,35,36)/t19-,21-,24-,26-/m1/s1. The summed E-state index contributed by atoms with van der Waals surface area (Å²) in [5.74, 6) is 0.100. The van der Waals surface area contributed by atoms with Crippen molar-refractivity contribution >= 4 is 28.7 Å². The Kier molecular flexibility index (Phi) is 6.98. The first-order chi connectivity index (χ1) is 17.5. The number of Topliss-reactive ketones (excluding diaryl/α,β-unsaturated/α-hetero) is 1. The maximum Gasteiger partial charge on any atom is 0.404 e. The van der Waals surface area contributed by atoms with Gasteiger partial charge in [-0.1, -0.05) is 36.4 Å². The Morgan fingerprint density at radius 3 is 2.47 bits per heavy atom. The summed E-state index contributed by atoms with van der Waals surface area (Å²) in [6.07, 6.45) is 4.53. The predicted octanol–water partition coefficient (Wildman–Crippen LogP) is 4.88. The van der Waals surface area contributed by atoms with E-state index in [1.807, 2.05) is 65.6 Å². The van der Waals surface area contributed by atoms with E-state index < -0.39 is 12.1 Å². The van der Waals surface area contributed by atoms with Gasteiger partial charge in [-0.3, -0.25) is 14.6 Å². The van der Waals surface area contributed by atoms with Crippen LogP contribution < -0.4 is 5.32 Å². The summed E-state index contributed by atoms with van der Waals surface area (Å²) in [6, 6.07) is 18.9. The van der Waals surface area contributed by atoms with Crippen LogP contribution in [0.15, 0.2) is 66.9 Å². The Balaban J connectivity index is 1.38. The quantitative estimate of drug-likeness (QED) is 0.485. The summed E-state index contributed by atoms with van der Waals surface area (Å²) in [5.41, 5.74) is 2.52. The van der Waals surface area contributed by atoms with Gasteiger partial charge in [0.1, 0.15) is 6.04 Å². The van der Waals surface area contributed by atoms with Gasteiger partial charge in [-0.05, 0) is 67.9 Å². The van der Waals surface area contributed by atoms with E-state index in [4.69, 9.17) is 5.11 Å². The number of fused-ring (bicyclic) bond motifs is 1. The third-order valence-corrected chi connectivity index (χ3v) is 7.80. The smallest absolute Gasteiger partial charge is 0.404 e. The zero-order valence-electron chi connectivity index (χ0n) is 20.2. The van der Waals surface area contributed by atoms with Crippen molar-refractivity contribution in [1.29, 1.82) is 0 Å². The molecule has 2 N–H and O–H groups in total. The summed E-state index contributed by atoms with van der Waals surface area (Å²) in [7, 11) is 0. The lowest BCUT2D eigenvalue weighted by Gasteiger charge is -2.34. The molecule has 2 fully saturated rings. The van der Waals surface area contributed by atoms with E-state index in [0.29, 0.717) is 18.7 Å². The number of nitrogens with zero attached hydrogens (tertiary/aromatic N) is 2. The molecule has 186 valence electrons. The lowest BCUT2D eigenvalue weighted by Crippen LogP contribution is -2.46. The van der Waals surface area contributed by atoms with Crippen molar-refractivity contribution in [2.45, 2.75) is 44.1 Å². The number of hydrogen-bond acceptors (Lipinski definition) is 4. The summed E-state index contributed by atoms with van der Waals surface area (Å²) in [6.45, 7) is 0.985. The third kappa shape index (κ3) is 4.96. The molecule has 7 nitrogen and oxygen atoms in total. The fraction of sp³-hybridized carbons (Fsp3) is 0.379. The molecule has 5 rings (SSSR count). The summed E-state index contributed by atoms with van der Waals surface area (Å²) >= 11 is 0. The van der Waals surface area contributed by atoms with Gasteiger partial charge in [-0.15, -0.1) is 0 Å². The maximum atomic E-state index is 14.0. The van der Waals surface area contributed by atoms with Crippen LogP contribution in [0.2, 0.25) is 0 Å². The van der Waals surface area contributed by atoms with Gasteiger partial charge in [0.2, 0.25) is 5.91 Å². The van der Waals surface area contributed by atoms with Gasteiger partial charge in [0.15, 0.2) is 5.78 Å². The summed E-state index contributed by atoms with van der Waals surface area (Å²) < 4.78 is 0. The number of carbonyl (C=O) groups excluding carboxylic acids is 2. The zero-order chi connectivity index (χ0) is 25.1. The molecule has 0 bridgehead atoms. The number of rotatable bonds is 6. The maximum absolute atomic E-state index is 14.0. The Morgan fingerprint density at radius 2 is 1.72 bits per heavy atom. The second-order valence-corrected chi connectivity index (χ2v) is 9.96. The summed E-state index contributed by atoms with van der Waals surface area (Å²) in [5, 5.41) is 12.2. The highest BCUT2D eigenvalue weighted by Crippen LogP contribution is 2.39. The van der Waals surface area contributed by atoms with Crippen molar-refractivity contribution in [3.63, 3.8) is 0 Å². The molecule has 2 aliphatic rings. The molecule has 1 saturated heterocycles. The number of pyridine rings is 1. The number of hydrogen-bond donors (Lipinski definition) is 2. The first-order valence-electron chi connectivity index (χ1n) is 12.7. The number of carboxylic acid groups (broad SMARTS) is 1. The molecular formula is C29H31N3O4. The minimum Gasteiger partial charge on any atom is -0.465 e. The van der Waals surface area contributed by atoms with E-state index in [0.717, 1.165) is 48.6 Å². The van der Waals surface area contributed by atoms with E-state index in [-0.39, 0.29) is 29.4 Å². The molecule has 3 aromatic rings. The number of amides is 2. The third-order valence-electron chi connectivity index (χ3n) is 7.80. The minimum absolute atomic E-state index is 0.0280. The van der Waals surface area contributed by atoms with Crippen LogP contribution in [-0.4, -0.2) is 51.9 Å². The fourth-order valence-corrected chi connectivity index (χ4v) is 5.89. The number of ketones is 1. The molecule has 0 unspecified atom stereocenters. The van der Waals surface area contributed by atoms with Crippen LogP contribution in [0, 0.1) is 11.8 Å². The Morgan fingerprint density at radius 1 is 0.944 bits per heavy atom. The predicted molar refractivity (Wildman–Crippen MR) is 137 cm³/mol. The Labute approximate surface area is 210 Å². The van der Waals surface area contributed by atoms with Crippen LogP contribution in [-0.2, 0) is 4.79 Å². The summed E-state index contributed by atoms with van der Waals surface area (Å²) in [4.78, 5) is 44.8. The zero-order valence-corrected chi connectivity index (χ0v) is 20.2. The van der Waals surface area contributed by atoms with Crippen LogP contribution >= 0.6 is 0 Å². The van der Waals surface area contributed by atoms with Crippen LogP contribution in [0.3, 0.4) is 0 Å². The van der Waals surface area contributed by atoms with Gasteiger partial charge in [0, 0.05) is 42.1 Å². The highest BCUT2D eigenvalue weighted by atomic mass is 16.4. The van der Waals surface area contributed by atoms with E-state index in [1.54, 1.807) is 6.20 Å². The largest absolute Gasteiger partial charge is 0.465 e. The highest BCUT2D eigenvalue weighted by Gasteiger charge is 2.44. The Hall–Kier alpha value is -3.74. The lowest BCUT2D eigenvalue weighted by molar-refractivity contribution is -0.137. The van der Waals surface area contributed by atoms with Crippen molar-refractivity contribution in [3.05, 3.63) is 78.0 Å². The van der Waals surface area contributed by atoms with Gasteiger partial charge in [-0.25, -0.2) is 4.79 Å². The first-order valence-corrected chi connectivity index (χ1v) is 12.7. The topological polar surface area (TPSA) is 99.6 Å². The molecule has 1 aromatic heterocycles. The number of nitrogens with one attached hydrogen (secondary N) is 1. The Bertz CT molecular complexity index is 1250. The van der Waals surface area contributed by atoms with Crippen molar-refractivity contribution < 1.29 is 19.5 Å². The number of likely N-dealkylation sites (tertiary alicyclic amines) is 1. The van der Waals surface area contributed by atoms with E-state index >= 15 is 0 Å². The van der Waals surface area contributed by atoms with Crippen molar-refractivity contribution in [1.82, 2.24) is 15.2 Å². The van der Waals surface area contributed by atoms with Gasteiger partial charge in [-0.2, -0.15) is 0 Å². The van der Waals surface area contributed by atoms with E-state index in [9.17, 15) is 14.4 Å². The average Bonchev–Trinajstić information content (AvgIpc) is 3.37. The molecule has 1 aliphatic heterocycles. The molecule has 2 atom stereocenters. The van der Waals surface area contributed by atoms with Gasteiger partial charge in [0.05, 0.1) is 5.52 Å². The molecule has 2 heterocycles. The average molecular weight is 486 g/mol. The van der Waals surface area contributed by atoms with E-state index in [2.05, 4.69) is 10.3 Å². The second kappa shape index (κ2) is 10.5. The lowest BCUT2D eigenvalue weighted by atomic mass is 9.80. The van der Waals surface area contributed by atoms with Gasteiger partial charge >= 0.3 is 6.09 Å². The fourth-order valence-electron chi connectivity index (χ4n) is 5.89. The molecule has 36 heavy (non-hydrogen) atoms. The molecule has 0 radical (unpaired) electrons. The molecule has 7 heteroatoms.